The number of allylic oxidation sites excluding steroid dienone is 1. The first-order valence-corrected chi connectivity index (χ1v) is 5.14. The lowest BCUT2D eigenvalue weighted by Crippen LogP contribution is -2.46. The largest absolute Gasteiger partial charge is 0.305 e. The Kier molecular flexibility index (Phi) is 3.67. The Morgan fingerprint density at radius 3 is 2.92 bits per heavy atom. The molecule has 0 aliphatic carbocycles. The lowest BCUT2D eigenvalue weighted by atomic mass is 9.87. The second-order valence-corrected chi connectivity index (χ2v) is 3.72. The number of nitrogens with one attached hydrogen (secondary N) is 1. The fourth-order valence-electron chi connectivity index (χ4n) is 2.02. The molecular formula is C11H19NO. The highest BCUT2D eigenvalue weighted by atomic mass is 16.1. The maximum Gasteiger partial charge on any atom is 0.153 e. The lowest BCUT2D eigenvalue weighted by Gasteiger charge is -2.26. The van der Waals surface area contributed by atoms with Crippen LogP contribution < -0.4 is 5.32 Å². The van der Waals surface area contributed by atoms with Crippen molar-refractivity contribution >= 4 is 5.78 Å². The molecule has 1 unspecified atom stereocenters. The predicted octanol–water partition coefficient (Wildman–Crippen LogP) is 2.05. The molecule has 1 atom stereocenters. The summed E-state index contributed by atoms with van der Waals surface area (Å²) in [6.45, 7) is 6.72. The highest BCUT2D eigenvalue weighted by molar-refractivity contribution is 5.88. The molecule has 0 bridgehead atoms. The van der Waals surface area contributed by atoms with Gasteiger partial charge >= 0.3 is 0 Å². The number of rotatable bonds is 5. The van der Waals surface area contributed by atoms with Crippen LogP contribution in [0, 0.1) is 0 Å². The molecule has 0 aromatic carbocycles. The van der Waals surface area contributed by atoms with Crippen molar-refractivity contribution in [1.82, 2.24) is 5.32 Å². The van der Waals surface area contributed by atoms with Crippen LogP contribution in [-0.2, 0) is 4.79 Å². The zero-order chi connectivity index (χ0) is 9.73. The molecular weight excluding hydrogens is 162 g/mol. The van der Waals surface area contributed by atoms with Crippen LogP contribution in [0.15, 0.2) is 12.7 Å². The number of Topliss-reactive ketones (excluding diaryl/α,β-unsaturated/α-hetero) is 1. The molecule has 1 N–H and O–H groups in total. The summed E-state index contributed by atoms with van der Waals surface area (Å²) in [5.74, 6) is 0.368. The first kappa shape index (κ1) is 10.5. The molecule has 1 fully saturated rings. The van der Waals surface area contributed by atoms with Crippen LogP contribution in [0.5, 0.6) is 0 Å². The van der Waals surface area contributed by atoms with Gasteiger partial charge in [-0.25, -0.2) is 0 Å². The van der Waals surface area contributed by atoms with E-state index in [0.29, 0.717) is 12.2 Å². The molecule has 0 amide bonds. The van der Waals surface area contributed by atoms with Gasteiger partial charge in [0.05, 0.1) is 5.54 Å². The molecule has 1 heterocycles. The van der Waals surface area contributed by atoms with Crippen molar-refractivity contribution in [2.45, 2.75) is 44.6 Å². The van der Waals surface area contributed by atoms with E-state index in [2.05, 4.69) is 18.8 Å². The monoisotopic (exact) mass is 181 g/mol. The van der Waals surface area contributed by atoms with E-state index in [0.717, 1.165) is 32.2 Å². The SMILES string of the molecule is C=CCCC(=O)C1(CC)CCCN1. The van der Waals surface area contributed by atoms with Crippen molar-refractivity contribution in [3.63, 3.8) is 0 Å². The first-order chi connectivity index (χ1) is 6.25. The predicted molar refractivity (Wildman–Crippen MR) is 54.7 cm³/mol. The standard InChI is InChI=1S/C11H19NO/c1-3-5-7-10(13)11(4-2)8-6-9-12-11/h3,12H,1,4-9H2,2H3. The molecule has 0 saturated carbocycles. The Morgan fingerprint density at radius 2 is 2.46 bits per heavy atom. The van der Waals surface area contributed by atoms with E-state index < -0.39 is 0 Å². The fourth-order valence-corrected chi connectivity index (χ4v) is 2.02. The van der Waals surface area contributed by atoms with Gasteiger partial charge in [-0.15, -0.1) is 6.58 Å². The average Bonchev–Trinajstić information content (AvgIpc) is 2.63. The van der Waals surface area contributed by atoms with Gasteiger partial charge < -0.3 is 5.32 Å². The maximum absolute atomic E-state index is 11.8. The van der Waals surface area contributed by atoms with Crippen molar-refractivity contribution in [3.05, 3.63) is 12.7 Å². The Morgan fingerprint density at radius 1 is 1.69 bits per heavy atom. The van der Waals surface area contributed by atoms with Crippen molar-refractivity contribution in [1.29, 1.82) is 0 Å². The van der Waals surface area contributed by atoms with Crippen LogP contribution in [0.3, 0.4) is 0 Å². The molecule has 1 aliphatic rings. The molecule has 2 heteroatoms. The fraction of sp³-hybridized carbons (Fsp3) is 0.727. The van der Waals surface area contributed by atoms with Crippen LogP contribution in [0.2, 0.25) is 0 Å². The minimum absolute atomic E-state index is 0.191. The van der Waals surface area contributed by atoms with Gasteiger partial charge in [0.1, 0.15) is 0 Å². The second-order valence-electron chi connectivity index (χ2n) is 3.72. The second kappa shape index (κ2) is 4.56. The summed E-state index contributed by atoms with van der Waals surface area (Å²) in [6, 6.07) is 0. The van der Waals surface area contributed by atoms with Crippen LogP contribution >= 0.6 is 0 Å². The third kappa shape index (κ3) is 2.19. The number of hydrogen-bond donors (Lipinski definition) is 1. The summed E-state index contributed by atoms with van der Waals surface area (Å²) in [5, 5.41) is 3.34. The molecule has 74 valence electrons. The molecule has 0 aromatic heterocycles. The molecule has 0 spiro atoms. The minimum atomic E-state index is -0.191. The summed E-state index contributed by atoms with van der Waals surface area (Å²) in [4.78, 5) is 11.8. The highest BCUT2D eigenvalue weighted by Gasteiger charge is 2.37. The zero-order valence-corrected chi connectivity index (χ0v) is 8.44. The van der Waals surface area contributed by atoms with Gasteiger partial charge in [0, 0.05) is 6.42 Å². The average molecular weight is 181 g/mol. The summed E-state index contributed by atoms with van der Waals surface area (Å²) in [6.07, 6.45) is 6.33. The molecule has 0 aromatic rings. The number of carbonyl (C=O) groups excluding carboxylic acids is 1. The Bertz CT molecular complexity index is 192. The summed E-state index contributed by atoms with van der Waals surface area (Å²) in [7, 11) is 0. The van der Waals surface area contributed by atoms with Crippen LogP contribution in [-0.4, -0.2) is 17.9 Å². The van der Waals surface area contributed by atoms with Gasteiger partial charge in [-0.1, -0.05) is 13.0 Å². The topological polar surface area (TPSA) is 29.1 Å². The highest BCUT2D eigenvalue weighted by Crippen LogP contribution is 2.25. The van der Waals surface area contributed by atoms with E-state index in [9.17, 15) is 4.79 Å². The van der Waals surface area contributed by atoms with Crippen molar-refractivity contribution in [2.24, 2.45) is 0 Å². The number of carbonyl (C=O) groups is 1. The van der Waals surface area contributed by atoms with Crippen molar-refractivity contribution < 1.29 is 4.79 Å². The summed E-state index contributed by atoms with van der Waals surface area (Å²) in [5.41, 5.74) is -0.191. The van der Waals surface area contributed by atoms with Crippen LogP contribution in [0.25, 0.3) is 0 Å². The molecule has 13 heavy (non-hydrogen) atoms. The summed E-state index contributed by atoms with van der Waals surface area (Å²) >= 11 is 0. The third-order valence-corrected chi connectivity index (χ3v) is 2.96. The van der Waals surface area contributed by atoms with Crippen molar-refractivity contribution in [3.8, 4) is 0 Å². The van der Waals surface area contributed by atoms with Gasteiger partial charge in [-0.05, 0) is 32.2 Å². The molecule has 1 saturated heterocycles. The van der Waals surface area contributed by atoms with E-state index >= 15 is 0 Å². The first-order valence-electron chi connectivity index (χ1n) is 5.14. The number of hydrogen-bond acceptors (Lipinski definition) is 2. The van der Waals surface area contributed by atoms with E-state index in [1.165, 1.54) is 0 Å². The van der Waals surface area contributed by atoms with E-state index in [4.69, 9.17) is 0 Å². The minimum Gasteiger partial charge on any atom is -0.305 e. The molecule has 1 rings (SSSR count). The molecule has 1 aliphatic heterocycles. The zero-order valence-electron chi connectivity index (χ0n) is 8.44. The number of ketones is 1. The quantitative estimate of drug-likeness (QED) is 0.658. The smallest absolute Gasteiger partial charge is 0.153 e. The van der Waals surface area contributed by atoms with E-state index in [1.807, 2.05) is 6.08 Å². The van der Waals surface area contributed by atoms with Gasteiger partial charge in [0.2, 0.25) is 0 Å². The molecule has 2 nitrogen and oxygen atoms in total. The van der Waals surface area contributed by atoms with E-state index in [-0.39, 0.29) is 5.54 Å². The van der Waals surface area contributed by atoms with Gasteiger partial charge in [0.15, 0.2) is 5.78 Å². The van der Waals surface area contributed by atoms with Gasteiger partial charge in [-0.3, -0.25) is 4.79 Å². The normalized spacial score (nSPS) is 27.5. The lowest BCUT2D eigenvalue weighted by molar-refractivity contribution is -0.125. The van der Waals surface area contributed by atoms with Gasteiger partial charge in [0.25, 0.3) is 0 Å². The Balaban J connectivity index is 2.54. The Hall–Kier alpha value is -0.630. The van der Waals surface area contributed by atoms with Gasteiger partial charge in [-0.2, -0.15) is 0 Å². The Labute approximate surface area is 80.4 Å². The third-order valence-electron chi connectivity index (χ3n) is 2.96. The summed E-state index contributed by atoms with van der Waals surface area (Å²) < 4.78 is 0. The van der Waals surface area contributed by atoms with Crippen molar-refractivity contribution in [2.75, 3.05) is 6.54 Å². The van der Waals surface area contributed by atoms with Crippen LogP contribution in [0.4, 0.5) is 0 Å². The molecule has 0 radical (unpaired) electrons. The van der Waals surface area contributed by atoms with Crippen LogP contribution in [0.1, 0.15) is 39.0 Å². The van der Waals surface area contributed by atoms with E-state index in [1.54, 1.807) is 0 Å². The maximum atomic E-state index is 11.8.